The molecule has 0 radical (unpaired) electrons. The van der Waals surface area contributed by atoms with Crippen molar-refractivity contribution in [1.82, 2.24) is 0 Å². The van der Waals surface area contributed by atoms with Crippen LogP contribution in [0.5, 0.6) is 0 Å². The first-order valence-electron chi connectivity index (χ1n) is 17.9. The summed E-state index contributed by atoms with van der Waals surface area (Å²) in [4.78, 5) is 0. The quantitative estimate of drug-likeness (QED) is 0.0636. The SMILES string of the molecule is CCCCCCCCCCOCCOCCOCCOCCOCCOCCOCCOCCOCCOCCOCCOCCBr. The van der Waals surface area contributed by atoms with Crippen LogP contribution in [0, 0.1) is 0 Å². The van der Waals surface area contributed by atoms with Crippen LogP contribution >= 0.6 is 15.9 Å². The Kier molecular flexibility index (Phi) is 46.0. The predicted octanol–water partition coefficient (Wildman–Crippen LogP) is 4.72. The van der Waals surface area contributed by atoms with Crippen LogP contribution in [0.4, 0.5) is 0 Å². The van der Waals surface area contributed by atoms with Crippen LogP contribution in [0.3, 0.4) is 0 Å². The number of hydrogen-bond acceptors (Lipinski definition) is 12. The van der Waals surface area contributed by atoms with Crippen molar-refractivity contribution in [3.63, 3.8) is 0 Å². The van der Waals surface area contributed by atoms with Crippen molar-refractivity contribution in [3.05, 3.63) is 0 Å². The molecule has 0 atom stereocenters. The minimum Gasteiger partial charge on any atom is -0.379 e. The monoisotopic (exact) mass is 748 g/mol. The lowest BCUT2D eigenvalue weighted by atomic mass is 10.1. The van der Waals surface area contributed by atoms with Crippen LogP contribution in [-0.4, -0.2) is 164 Å². The Morgan fingerprint density at radius 1 is 0.234 bits per heavy atom. The second-order valence-electron chi connectivity index (χ2n) is 10.5. The Balaban J connectivity index is 3.03. The number of halogens is 1. The molecule has 0 aromatic carbocycles. The third kappa shape index (κ3) is 46.0. The molecule has 0 amide bonds. The van der Waals surface area contributed by atoms with Crippen molar-refractivity contribution in [2.45, 2.75) is 58.3 Å². The van der Waals surface area contributed by atoms with Gasteiger partial charge in [0.1, 0.15) is 0 Å². The van der Waals surface area contributed by atoms with Gasteiger partial charge >= 0.3 is 0 Å². The fourth-order valence-corrected chi connectivity index (χ4v) is 4.14. The number of alkyl halides is 1. The van der Waals surface area contributed by atoms with Gasteiger partial charge < -0.3 is 56.8 Å². The maximum Gasteiger partial charge on any atom is 0.0701 e. The average molecular weight is 750 g/mol. The molecule has 0 aliphatic heterocycles. The molecular weight excluding hydrogens is 680 g/mol. The molecule has 0 aromatic rings. The zero-order chi connectivity index (χ0) is 33.8. The van der Waals surface area contributed by atoms with Crippen LogP contribution in [0.25, 0.3) is 0 Å². The van der Waals surface area contributed by atoms with Gasteiger partial charge in [-0.1, -0.05) is 67.8 Å². The zero-order valence-electron chi connectivity index (χ0n) is 29.6. The van der Waals surface area contributed by atoms with Gasteiger partial charge in [-0.2, -0.15) is 0 Å². The van der Waals surface area contributed by atoms with Crippen LogP contribution in [0.2, 0.25) is 0 Å². The van der Waals surface area contributed by atoms with Gasteiger partial charge in [-0.05, 0) is 6.42 Å². The van der Waals surface area contributed by atoms with Crippen LogP contribution in [0.1, 0.15) is 58.3 Å². The third-order valence-electron chi connectivity index (χ3n) is 6.46. The van der Waals surface area contributed by atoms with Crippen molar-refractivity contribution in [3.8, 4) is 0 Å². The highest BCUT2D eigenvalue weighted by molar-refractivity contribution is 9.09. The van der Waals surface area contributed by atoms with E-state index in [-0.39, 0.29) is 0 Å². The summed E-state index contributed by atoms with van der Waals surface area (Å²) in [5, 5.41) is 0.839. The van der Waals surface area contributed by atoms with Gasteiger partial charge in [0.25, 0.3) is 0 Å². The summed E-state index contributed by atoms with van der Waals surface area (Å²) >= 11 is 3.30. The van der Waals surface area contributed by atoms with Gasteiger partial charge in [0.15, 0.2) is 0 Å². The molecule has 0 unspecified atom stereocenters. The summed E-state index contributed by atoms with van der Waals surface area (Å²) < 4.78 is 65.7. The highest BCUT2D eigenvalue weighted by atomic mass is 79.9. The Morgan fingerprint density at radius 2 is 0.426 bits per heavy atom. The summed E-state index contributed by atoms with van der Waals surface area (Å²) in [6.07, 6.45) is 10.5. The van der Waals surface area contributed by atoms with Gasteiger partial charge in [-0.15, -0.1) is 0 Å². The fourth-order valence-electron chi connectivity index (χ4n) is 3.91. The van der Waals surface area contributed by atoms with E-state index >= 15 is 0 Å². The summed E-state index contributed by atoms with van der Waals surface area (Å²) in [5.74, 6) is 0. The maximum absolute atomic E-state index is 5.62. The van der Waals surface area contributed by atoms with Crippen molar-refractivity contribution in [2.24, 2.45) is 0 Å². The second kappa shape index (κ2) is 46.0. The largest absolute Gasteiger partial charge is 0.379 e. The molecule has 0 rings (SSSR count). The highest BCUT2D eigenvalue weighted by Gasteiger charge is 1.97. The van der Waals surface area contributed by atoms with Gasteiger partial charge in [0.05, 0.1) is 152 Å². The molecule has 0 heterocycles. The average Bonchev–Trinajstić information content (AvgIpc) is 3.08. The first-order valence-corrected chi connectivity index (χ1v) is 19.0. The molecule has 12 nitrogen and oxygen atoms in total. The third-order valence-corrected chi connectivity index (χ3v) is 6.78. The molecule has 0 aliphatic rings. The molecule has 0 aromatic heterocycles. The fraction of sp³-hybridized carbons (Fsp3) is 1.00. The standard InChI is InChI=1S/C34H69BrO12/c1-2-3-4-5-6-7-8-9-11-36-13-15-38-17-19-40-21-23-42-25-27-44-29-31-46-33-34-47-32-30-45-28-26-43-24-22-41-20-18-39-16-14-37-12-10-35/h2-34H2,1H3. The lowest BCUT2D eigenvalue weighted by Gasteiger charge is -2.09. The van der Waals surface area contributed by atoms with E-state index in [0.29, 0.717) is 152 Å². The molecule has 0 N–H and O–H groups in total. The molecule has 0 spiro atoms. The van der Waals surface area contributed by atoms with Crippen LogP contribution in [-0.2, 0) is 56.8 Å². The van der Waals surface area contributed by atoms with Crippen molar-refractivity contribution < 1.29 is 56.8 Å². The molecule has 13 heteroatoms. The van der Waals surface area contributed by atoms with Crippen LogP contribution < -0.4 is 0 Å². The number of hydrogen-bond donors (Lipinski definition) is 0. The first kappa shape index (κ1) is 47.0. The normalized spacial score (nSPS) is 11.6. The second-order valence-corrected chi connectivity index (χ2v) is 11.3. The number of ether oxygens (including phenoxy) is 12. The minimum atomic E-state index is 0.520. The van der Waals surface area contributed by atoms with E-state index < -0.39 is 0 Å². The van der Waals surface area contributed by atoms with E-state index in [1.54, 1.807) is 0 Å². The van der Waals surface area contributed by atoms with E-state index in [0.717, 1.165) is 18.4 Å². The summed E-state index contributed by atoms with van der Waals surface area (Å²) in [7, 11) is 0. The summed E-state index contributed by atoms with van der Waals surface area (Å²) in [6, 6.07) is 0. The number of rotatable bonds is 44. The molecule has 0 saturated carbocycles. The Hall–Kier alpha value is 0.0000000000000000555. The Labute approximate surface area is 294 Å². The van der Waals surface area contributed by atoms with Crippen molar-refractivity contribution in [2.75, 3.05) is 164 Å². The Morgan fingerprint density at radius 3 is 0.660 bits per heavy atom. The van der Waals surface area contributed by atoms with E-state index in [2.05, 4.69) is 22.9 Å². The minimum absolute atomic E-state index is 0.520. The molecule has 47 heavy (non-hydrogen) atoms. The molecule has 0 aliphatic carbocycles. The van der Waals surface area contributed by atoms with Crippen molar-refractivity contribution >= 4 is 15.9 Å². The topological polar surface area (TPSA) is 111 Å². The maximum atomic E-state index is 5.62. The van der Waals surface area contributed by atoms with Crippen molar-refractivity contribution in [1.29, 1.82) is 0 Å². The zero-order valence-corrected chi connectivity index (χ0v) is 31.2. The van der Waals surface area contributed by atoms with E-state index in [1.807, 2.05) is 0 Å². The lowest BCUT2D eigenvalue weighted by Crippen LogP contribution is -2.15. The predicted molar refractivity (Wildman–Crippen MR) is 186 cm³/mol. The van der Waals surface area contributed by atoms with E-state index in [4.69, 9.17) is 56.8 Å². The van der Waals surface area contributed by atoms with E-state index in [1.165, 1.54) is 44.9 Å². The van der Waals surface area contributed by atoms with Gasteiger partial charge in [-0.3, -0.25) is 0 Å². The molecule has 0 saturated heterocycles. The highest BCUT2D eigenvalue weighted by Crippen LogP contribution is 2.08. The van der Waals surface area contributed by atoms with Gasteiger partial charge in [0.2, 0.25) is 0 Å². The van der Waals surface area contributed by atoms with Gasteiger partial charge in [0, 0.05) is 11.9 Å². The lowest BCUT2D eigenvalue weighted by molar-refractivity contribution is -0.0282. The summed E-state index contributed by atoms with van der Waals surface area (Å²) in [6.45, 7) is 15.9. The molecular formula is C34H69BrO12. The molecule has 0 bridgehead atoms. The van der Waals surface area contributed by atoms with Crippen LogP contribution in [0.15, 0.2) is 0 Å². The number of unbranched alkanes of at least 4 members (excludes halogenated alkanes) is 7. The smallest absolute Gasteiger partial charge is 0.0701 e. The molecule has 0 fully saturated rings. The first-order chi connectivity index (χ1) is 23.4. The molecule has 284 valence electrons. The van der Waals surface area contributed by atoms with E-state index in [9.17, 15) is 0 Å². The Bertz CT molecular complexity index is 495. The summed E-state index contributed by atoms with van der Waals surface area (Å²) in [5.41, 5.74) is 0. The van der Waals surface area contributed by atoms with Gasteiger partial charge in [-0.25, -0.2) is 0 Å².